The van der Waals surface area contributed by atoms with Gasteiger partial charge in [-0.25, -0.2) is 0 Å². The maximum Gasteiger partial charge on any atom is 0.119 e. The van der Waals surface area contributed by atoms with Crippen molar-refractivity contribution in [3.05, 3.63) is 29.3 Å². The summed E-state index contributed by atoms with van der Waals surface area (Å²) in [5.74, 6) is 1.30. The number of likely N-dealkylation sites (tertiary alicyclic amines) is 1. The largest absolute Gasteiger partial charge is 0.492 e. The number of aliphatic hydroxyl groups is 1. The lowest BCUT2D eigenvalue weighted by molar-refractivity contribution is 0.107. The first-order valence-corrected chi connectivity index (χ1v) is 6.87. The molecular formula is C14H20ClNO2. The summed E-state index contributed by atoms with van der Waals surface area (Å²) in [4.78, 5) is 2.36. The molecule has 3 nitrogen and oxygen atoms in total. The van der Waals surface area contributed by atoms with Crippen LogP contribution in [-0.2, 0) is 0 Å². The zero-order valence-corrected chi connectivity index (χ0v) is 11.3. The van der Waals surface area contributed by atoms with Crippen LogP contribution in [0.15, 0.2) is 24.3 Å². The highest BCUT2D eigenvalue weighted by Crippen LogP contribution is 2.17. The molecule has 1 N–H and O–H groups in total. The Labute approximate surface area is 113 Å². The fourth-order valence-electron chi connectivity index (χ4n) is 2.33. The van der Waals surface area contributed by atoms with Gasteiger partial charge in [-0.05, 0) is 49.6 Å². The zero-order chi connectivity index (χ0) is 12.8. The predicted octanol–water partition coefficient (Wildman–Crippen LogP) is 2.42. The number of aliphatic hydroxyl groups excluding tert-OH is 1. The van der Waals surface area contributed by atoms with Crippen molar-refractivity contribution in [3.63, 3.8) is 0 Å². The van der Waals surface area contributed by atoms with E-state index in [1.807, 2.05) is 24.3 Å². The summed E-state index contributed by atoms with van der Waals surface area (Å²) < 4.78 is 5.67. The summed E-state index contributed by atoms with van der Waals surface area (Å²) in [5.41, 5.74) is 0. The summed E-state index contributed by atoms with van der Waals surface area (Å²) in [6.45, 7) is 3.99. The first kappa shape index (κ1) is 13.7. The van der Waals surface area contributed by atoms with Gasteiger partial charge >= 0.3 is 0 Å². The Morgan fingerprint density at radius 2 is 2.11 bits per heavy atom. The highest BCUT2D eigenvalue weighted by atomic mass is 35.5. The second kappa shape index (κ2) is 6.98. The summed E-state index contributed by atoms with van der Waals surface area (Å²) >= 11 is 5.81. The van der Waals surface area contributed by atoms with E-state index in [4.69, 9.17) is 21.4 Å². The Morgan fingerprint density at radius 1 is 1.33 bits per heavy atom. The maximum atomic E-state index is 9.17. The van der Waals surface area contributed by atoms with Crippen LogP contribution in [0.1, 0.15) is 12.8 Å². The summed E-state index contributed by atoms with van der Waals surface area (Å²) in [6.07, 6.45) is 2.32. The molecule has 100 valence electrons. The zero-order valence-electron chi connectivity index (χ0n) is 10.5. The van der Waals surface area contributed by atoms with Crippen LogP contribution in [-0.4, -0.2) is 42.9 Å². The molecule has 1 fully saturated rings. The number of rotatable bonds is 5. The predicted molar refractivity (Wildman–Crippen MR) is 73.2 cm³/mol. The van der Waals surface area contributed by atoms with Gasteiger partial charge < -0.3 is 9.84 Å². The Bertz CT molecular complexity index is 355. The highest BCUT2D eigenvalue weighted by molar-refractivity contribution is 6.30. The minimum atomic E-state index is 0.300. The average Bonchev–Trinajstić information content (AvgIpc) is 2.41. The number of benzene rings is 1. The fraction of sp³-hybridized carbons (Fsp3) is 0.571. The standard InChI is InChI=1S/C14H20ClNO2/c15-13-3-5-14(6-4-13)18-9-8-16-7-1-2-12(10-16)11-17/h3-6,12,17H,1-2,7-11H2. The monoisotopic (exact) mass is 269 g/mol. The smallest absolute Gasteiger partial charge is 0.119 e. The molecule has 1 aromatic rings. The van der Waals surface area contributed by atoms with Gasteiger partial charge in [-0.2, -0.15) is 0 Å². The van der Waals surface area contributed by atoms with Gasteiger partial charge in [0.2, 0.25) is 0 Å². The van der Waals surface area contributed by atoms with Crippen LogP contribution in [0.5, 0.6) is 5.75 Å². The highest BCUT2D eigenvalue weighted by Gasteiger charge is 2.18. The number of hydrogen-bond donors (Lipinski definition) is 1. The van der Waals surface area contributed by atoms with Crippen LogP contribution in [0, 0.1) is 5.92 Å². The van der Waals surface area contributed by atoms with E-state index in [9.17, 15) is 0 Å². The SMILES string of the molecule is OCC1CCCN(CCOc2ccc(Cl)cc2)C1. The van der Waals surface area contributed by atoms with Crippen LogP contribution in [0.25, 0.3) is 0 Å². The van der Waals surface area contributed by atoms with Gasteiger partial charge in [-0.15, -0.1) is 0 Å². The third-order valence-electron chi connectivity index (χ3n) is 3.35. The molecule has 0 aromatic heterocycles. The molecule has 1 heterocycles. The van der Waals surface area contributed by atoms with Crippen LogP contribution in [0.3, 0.4) is 0 Å². The van der Waals surface area contributed by atoms with Crippen molar-refractivity contribution in [2.75, 3.05) is 32.8 Å². The van der Waals surface area contributed by atoms with E-state index in [1.165, 1.54) is 6.42 Å². The van der Waals surface area contributed by atoms with E-state index in [0.717, 1.165) is 36.8 Å². The van der Waals surface area contributed by atoms with Crippen LogP contribution < -0.4 is 4.74 Å². The number of hydrogen-bond acceptors (Lipinski definition) is 3. The number of ether oxygens (including phenoxy) is 1. The van der Waals surface area contributed by atoms with Gasteiger partial charge in [-0.1, -0.05) is 11.6 Å². The number of halogens is 1. The minimum absolute atomic E-state index is 0.300. The van der Waals surface area contributed by atoms with Crippen molar-refractivity contribution < 1.29 is 9.84 Å². The molecule has 1 aliphatic heterocycles. The van der Waals surface area contributed by atoms with Gasteiger partial charge in [-0.3, -0.25) is 4.90 Å². The van der Waals surface area contributed by atoms with Crippen molar-refractivity contribution in [2.45, 2.75) is 12.8 Å². The molecule has 4 heteroatoms. The van der Waals surface area contributed by atoms with Crippen LogP contribution >= 0.6 is 11.6 Å². The van der Waals surface area contributed by atoms with E-state index in [1.54, 1.807) is 0 Å². The molecule has 0 saturated carbocycles. The van der Waals surface area contributed by atoms with Crippen molar-refractivity contribution in [1.82, 2.24) is 4.90 Å². The van der Waals surface area contributed by atoms with E-state index in [0.29, 0.717) is 19.1 Å². The summed E-state index contributed by atoms with van der Waals surface area (Å²) in [7, 11) is 0. The topological polar surface area (TPSA) is 32.7 Å². The normalized spacial score (nSPS) is 20.9. The quantitative estimate of drug-likeness (QED) is 0.891. The lowest BCUT2D eigenvalue weighted by atomic mass is 9.99. The summed E-state index contributed by atoms with van der Waals surface area (Å²) in [5, 5.41) is 9.89. The van der Waals surface area contributed by atoms with Gasteiger partial charge in [0.15, 0.2) is 0 Å². The minimum Gasteiger partial charge on any atom is -0.492 e. The molecule has 0 spiro atoms. The second-order valence-electron chi connectivity index (χ2n) is 4.79. The molecule has 1 atom stereocenters. The molecule has 1 saturated heterocycles. The van der Waals surface area contributed by atoms with Crippen molar-refractivity contribution in [2.24, 2.45) is 5.92 Å². The van der Waals surface area contributed by atoms with Crippen LogP contribution in [0.4, 0.5) is 0 Å². The van der Waals surface area contributed by atoms with Crippen LogP contribution in [0.2, 0.25) is 5.02 Å². The maximum absolute atomic E-state index is 9.17. The van der Waals surface area contributed by atoms with Gasteiger partial charge in [0, 0.05) is 24.7 Å². The second-order valence-corrected chi connectivity index (χ2v) is 5.23. The van der Waals surface area contributed by atoms with Crippen molar-refractivity contribution in [1.29, 1.82) is 0 Å². The molecule has 0 amide bonds. The Balaban J connectivity index is 1.70. The third kappa shape index (κ3) is 4.16. The molecule has 0 bridgehead atoms. The van der Waals surface area contributed by atoms with Crippen molar-refractivity contribution >= 4 is 11.6 Å². The third-order valence-corrected chi connectivity index (χ3v) is 3.60. The molecule has 0 aliphatic carbocycles. The van der Waals surface area contributed by atoms with Gasteiger partial charge in [0.25, 0.3) is 0 Å². The average molecular weight is 270 g/mol. The lowest BCUT2D eigenvalue weighted by Crippen LogP contribution is -2.39. The Morgan fingerprint density at radius 3 is 2.83 bits per heavy atom. The molecule has 1 aromatic carbocycles. The summed E-state index contributed by atoms with van der Waals surface area (Å²) in [6, 6.07) is 7.43. The van der Waals surface area contributed by atoms with Gasteiger partial charge in [0.05, 0.1) is 0 Å². The van der Waals surface area contributed by atoms with E-state index >= 15 is 0 Å². The first-order valence-electron chi connectivity index (χ1n) is 6.49. The molecule has 0 radical (unpaired) electrons. The first-order chi connectivity index (χ1) is 8.78. The molecular weight excluding hydrogens is 250 g/mol. The molecule has 1 unspecified atom stereocenters. The molecule has 18 heavy (non-hydrogen) atoms. The number of piperidine rings is 1. The van der Waals surface area contributed by atoms with Gasteiger partial charge in [0.1, 0.15) is 12.4 Å². The Kier molecular flexibility index (Phi) is 5.29. The fourth-order valence-corrected chi connectivity index (χ4v) is 2.45. The van der Waals surface area contributed by atoms with Crippen molar-refractivity contribution in [3.8, 4) is 5.75 Å². The van der Waals surface area contributed by atoms with E-state index < -0.39 is 0 Å². The molecule has 1 aliphatic rings. The Hall–Kier alpha value is -0.770. The van der Waals surface area contributed by atoms with E-state index in [2.05, 4.69) is 4.90 Å². The lowest BCUT2D eigenvalue weighted by Gasteiger charge is -2.31. The van der Waals surface area contributed by atoms with E-state index in [-0.39, 0.29) is 0 Å². The number of nitrogens with zero attached hydrogens (tertiary/aromatic N) is 1. The molecule has 2 rings (SSSR count).